The maximum absolute atomic E-state index is 12.0. The van der Waals surface area contributed by atoms with Crippen LogP contribution in [0.5, 0.6) is 5.75 Å². The average molecular weight is 355 g/mol. The van der Waals surface area contributed by atoms with Crippen LogP contribution in [0.15, 0.2) is 33.9 Å². The Morgan fingerprint density at radius 1 is 1.33 bits per heavy atom. The molecule has 1 aromatic carbocycles. The Labute approximate surface area is 130 Å². The van der Waals surface area contributed by atoms with Gasteiger partial charge in [0.15, 0.2) is 0 Å². The minimum Gasteiger partial charge on any atom is -0.497 e. The van der Waals surface area contributed by atoms with E-state index >= 15 is 0 Å². The fraction of sp³-hybridized carbons (Fsp3) is 0.286. The van der Waals surface area contributed by atoms with Gasteiger partial charge in [-0.2, -0.15) is 0 Å². The number of carbonyl (C=O) groups excluding carboxylic acids is 2. The largest absolute Gasteiger partial charge is 0.497 e. The molecule has 1 aromatic rings. The van der Waals surface area contributed by atoms with Crippen LogP contribution in [0.2, 0.25) is 0 Å². The summed E-state index contributed by atoms with van der Waals surface area (Å²) in [7, 11) is 2.85. The quantitative estimate of drug-likeness (QED) is 0.816. The molecule has 112 valence electrons. The second-order valence-electron chi connectivity index (χ2n) is 4.45. The first-order valence-electron chi connectivity index (χ1n) is 6.18. The number of hydrogen-bond donors (Lipinski definition) is 2. The number of carbonyl (C=O) groups is 2. The Morgan fingerprint density at radius 2 is 2.05 bits per heavy atom. The first-order chi connectivity index (χ1) is 9.97. The Morgan fingerprint density at radius 3 is 2.67 bits per heavy atom. The van der Waals surface area contributed by atoms with Crippen LogP contribution in [0.4, 0.5) is 4.79 Å². The van der Waals surface area contributed by atoms with E-state index in [0.717, 1.165) is 4.47 Å². The maximum Gasteiger partial charge on any atom is 0.337 e. The van der Waals surface area contributed by atoms with Crippen LogP contribution in [0.1, 0.15) is 18.5 Å². The number of esters is 1. The van der Waals surface area contributed by atoms with Gasteiger partial charge in [-0.25, -0.2) is 9.59 Å². The molecule has 7 heteroatoms. The summed E-state index contributed by atoms with van der Waals surface area (Å²) in [6, 6.07) is 4.35. The summed E-state index contributed by atoms with van der Waals surface area (Å²) in [4.78, 5) is 23.7. The Bertz CT molecular complexity index is 627. The molecule has 1 aliphatic rings. The predicted octanol–water partition coefficient (Wildman–Crippen LogP) is 2.26. The van der Waals surface area contributed by atoms with E-state index in [-0.39, 0.29) is 6.03 Å². The second kappa shape index (κ2) is 6.17. The number of urea groups is 1. The number of methoxy groups -OCH3 is 2. The summed E-state index contributed by atoms with van der Waals surface area (Å²) in [5.74, 6) is 0.127. The zero-order valence-electron chi connectivity index (χ0n) is 11.8. The third-order valence-electron chi connectivity index (χ3n) is 3.19. The molecule has 0 saturated carbocycles. The van der Waals surface area contributed by atoms with Gasteiger partial charge in [-0.3, -0.25) is 0 Å². The predicted molar refractivity (Wildman–Crippen MR) is 79.8 cm³/mol. The lowest BCUT2D eigenvalue weighted by atomic mass is 9.95. The highest BCUT2D eigenvalue weighted by Crippen LogP contribution is 2.34. The third-order valence-corrected chi connectivity index (χ3v) is 3.91. The van der Waals surface area contributed by atoms with Crippen molar-refractivity contribution < 1.29 is 19.1 Å². The third kappa shape index (κ3) is 3.02. The van der Waals surface area contributed by atoms with Crippen LogP contribution in [-0.4, -0.2) is 26.2 Å². The van der Waals surface area contributed by atoms with Crippen molar-refractivity contribution in [3.63, 3.8) is 0 Å². The molecule has 0 aromatic heterocycles. The Hall–Kier alpha value is -2.02. The zero-order valence-corrected chi connectivity index (χ0v) is 13.4. The lowest BCUT2D eigenvalue weighted by Gasteiger charge is -2.28. The topological polar surface area (TPSA) is 76.7 Å². The summed E-state index contributed by atoms with van der Waals surface area (Å²) >= 11 is 3.43. The second-order valence-corrected chi connectivity index (χ2v) is 5.30. The molecule has 0 spiro atoms. The van der Waals surface area contributed by atoms with Crippen molar-refractivity contribution in [2.75, 3.05) is 14.2 Å². The molecule has 2 amide bonds. The van der Waals surface area contributed by atoms with Crippen molar-refractivity contribution in [2.45, 2.75) is 13.0 Å². The van der Waals surface area contributed by atoms with Crippen molar-refractivity contribution in [3.8, 4) is 5.75 Å². The van der Waals surface area contributed by atoms with Gasteiger partial charge in [-0.15, -0.1) is 0 Å². The minimum absolute atomic E-state index is 0.353. The molecule has 0 bridgehead atoms. The van der Waals surface area contributed by atoms with Crippen LogP contribution in [-0.2, 0) is 9.53 Å². The van der Waals surface area contributed by atoms with Gasteiger partial charge in [0, 0.05) is 10.2 Å². The van der Waals surface area contributed by atoms with Gasteiger partial charge in [0.1, 0.15) is 5.75 Å². The SMILES string of the molecule is COC(=O)C1=C(C)NC(=O)NC1c1cc(OC)ccc1Br. The molecule has 0 saturated heterocycles. The molecule has 2 rings (SSSR count). The van der Waals surface area contributed by atoms with E-state index in [4.69, 9.17) is 9.47 Å². The highest BCUT2D eigenvalue weighted by atomic mass is 79.9. The zero-order chi connectivity index (χ0) is 15.6. The summed E-state index contributed by atoms with van der Waals surface area (Å²) in [6.07, 6.45) is 0. The molecule has 0 radical (unpaired) electrons. The number of allylic oxidation sites excluding steroid dienone is 1. The Kier molecular flexibility index (Phi) is 4.52. The molecular weight excluding hydrogens is 340 g/mol. The number of rotatable bonds is 3. The molecule has 1 unspecified atom stereocenters. The summed E-state index contributed by atoms with van der Waals surface area (Å²) in [5.41, 5.74) is 1.53. The van der Waals surface area contributed by atoms with Crippen molar-refractivity contribution >= 4 is 27.9 Å². The first kappa shape index (κ1) is 15.4. The lowest BCUT2D eigenvalue weighted by Crippen LogP contribution is -2.45. The first-order valence-corrected chi connectivity index (χ1v) is 6.97. The van der Waals surface area contributed by atoms with E-state index in [1.807, 2.05) is 0 Å². The smallest absolute Gasteiger partial charge is 0.337 e. The van der Waals surface area contributed by atoms with Gasteiger partial charge in [-0.05, 0) is 30.7 Å². The standard InChI is InChI=1S/C14H15BrN2O4/c1-7-11(13(18)21-3)12(17-14(19)16-7)9-6-8(20-2)4-5-10(9)15/h4-6,12H,1-3H3,(H2,16,17,19). The molecule has 1 aliphatic heterocycles. The van der Waals surface area contributed by atoms with Gasteiger partial charge in [0.05, 0.1) is 25.8 Å². The van der Waals surface area contributed by atoms with E-state index in [2.05, 4.69) is 26.6 Å². The summed E-state index contributed by atoms with van der Waals surface area (Å²) < 4.78 is 10.8. The van der Waals surface area contributed by atoms with Gasteiger partial charge in [0.2, 0.25) is 0 Å². The summed E-state index contributed by atoms with van der Waals surface area (Å²) in [6.45, 7) is 1.66. The molecular formula is C14H15BrN2O4. The van der Waals surface area contributed by atoms with Crippen molar-refractivity contribution in [1.82, 2.24) is 10.6 Å². The molecule has 0 fully saturated rings. The van der Waals surface area contributed by atoms with Crippen LogP contribution in [0.3, 0.4) is 0 Å². The number of amides is 2. The normalized spacial score (nSPS) is 17.9. The van der Waals surface area contributed by atoms with E-state index in [0.29, 0.717) is 22.6 Å². The van der Waals surface area contributed by atoms with E-state index < -0.39 is 12.0 Å². The van der Waals surface area contributed by atoms with Gasteiger partial charge >= 0.3 is 12.0 Å². The number of ether oxygens (including phenoxy) is 2. The van der Waals surface area contributed by atoms with Crippen molar-refractivity contribution in [2.24, 2.45) is 0 Å². The van der Waals surface area contributed by atoms with Crippen LogP contribution in [0.25, 0.3) is 0 Å². The van der Waals surface area contributed by atoms with Crippen molar-refractivity contribution in [1.29, 1.82) is 0 Å². The number of nitrogens with one attached hydrogen (secondary N) is 2. The molecule has 2 N–H and O–H groups in total. The van der Waals surface area contributed by atoms with Gasteiger partial charge < -0.3 is 20.1 Å². The molecule has 0 aliphatic carbocycles. The fourth-order valence-corrected chi connectivity index (χ4v) is 2.65. The maximum atomic E-state index is 12.0. The lowest BCUT2D eigenvalue weighted by molar-refractivity contribution is -0.136. The summed E-state index contributed by atoms with van der Waals surface area (Å²) in [5, 5.41) is 5.30. The fourth-order valence-electron chi connectivity index (χ4n) is 2.18. The van der Waals surface area contributed by atoms with Gasteiger partial charge in [0.25, 0.3) is 0 Å². The van der Waals surface area contributed by atoms with Crippen LogP contribution < -0.4 is 15.4 Å². The molecule has 21 heavy (non-hydrogen) atoms. The monoisotopic (exact) mass is 354 g/mol. The number of halogens is 1. The van der Waals surface area contributed by atoms with Crippen LogP contribution >= 0.6 is 15.9 Å². The van der Waals surface area contributed by atoms with E-state index in [9.17, 15) is 9.59 Å². The molecule has 1 atom stereocenters. The number of benzene rings is 1. The van der Waals surface area contributed by atoms with Crippen LogP contribution in [0, 0.1) is 0 Å². The Balaban J connectivity index is 2.56. The molecule has 1 heterocycles. The van der Waals surface area contributed by atoms with Crippen molar-refractivity contribution in [3.05, 3.63) is 39.5 Å². The van der Waals surface area contributed by atoms with E-state index in [1.54, 1.807) is 32.2 Å². The highest BCUT2D eigenvalue weighted by Gasteiger charge is 2.33. The minimum atomic E-state index is -0.615. The highest BCUT2D eigenvalue weighted by molar-refractivity contribution is 9.10. The van der Waals surface area contributed by atoms with Gasteiger partial charge in [-0.1, -0.05) is 15.9 Å². The number of hydrogen-bond acceptors (Lipinski definition) is 4. The van der Waals surface area contributed by atoms with E-state index in [1.165, 1.54) is 7.11 Å². The average Bonchev–Trinajstić information content (AvgIpc) is 2.46. The molecule has 6 nitrogen and oxygen atoms in total.